The second-order valence-electron chi connectivity index (χ2n) is 5.29. The second kappa shape index (κ2) is 6.40. The van der Waals surface area contributed by atoms with Crippen LogP contribution in [0.3, 0.4) is 0 Å². The van der Waals surface area contributed by atoms with Crippen LogP contribution in [0.1, 0.15) is 27.7 Å². The monoisotopic (exact) mass is 283 g/mol. The van der Waals surface area contributed by atoms with Gasteiger partial charge in [0.2, 0.25) is 0 Å². The van der Waals surface area contributed by atoms with Gasteiger partial charge in [-0.05, 0) is 27.7 Å². The van der Waals surface area contributed by atoms with Gasteiger partial charge in [-0.1, -0.05) is 0 Å². The van der Waals surface area contributed by atoms with E-state index in [1.807, 2.05) is 6.92 Å². The number of carbonyl (C=O) groups is 1. The fourth-order valence-electron chi connectivity index (χ4n) is 1.57. The maximum Gasteiger partial charge on any atom is 0.407 e. The Balaban J connectivity index is 2.36. The van der Waals surface area contributed by atoms with Crippen LogP contribution in [0.2, 0.25) is 0 Å². The van der Waals surface area contributed by atoms with E-state index < -0.39 is 22.6 Å². The fraction of sp³-hybridized carbons (Fsp3) is 0.615. The highest BCUT2D eigenvalue weighted by molar-refractivity contribution is 5.74. The average Bonchev–Trinajstić information content (AvgIpc) is 2.34. The van der Waals surface area contributed by atoms with Crippen molar-refractivity contribution in [3.8, 4) is 0 Å². The van der Waals surface area contributed by atoms with Crippen molar-refractivity contribution in [2.24, 2.45) is 0 Å². The van der Waals surface area contributed by atoms with Crippen LogP contribution in [0.25, 0.3) is 0 Å². The average molecular weight is 283 g/mol. The molecule has 1 rings (SSSR count). The summed E-state index contributed by atoms with van der Waals surface area (Å²) < 4.78 is 5.06. The highest BCUT2D eigenvalue weighted by Gasteiger charge is 2.20. The molecule has 0 unspecified atom stereocenters. The lowest BCUT2D eigenvalue weighted by Gasteiger charge is -2.20. The van der Waals surface area contributed by atoms with Crippen molar-refractivity contribution in [3.63, 3.8) is 0 Å². The summed E-state index contributed by atoms with van der Waals surface area (Å²) in [5.41, 5.74) is -0.987. The third kappa shape index (κ3) is 4.25. The van der Waals surface area contributed by atoms with Gasteiger partial charge < -0.3 is 20.7 Å². The Bertz CT molecular complexity index is 538. The smallest absolute Gasteiger partial charge is 0.407 e. The predicted molar refractivity (Wildman–Crippen MR) is 78.2 cm³/mol. The largest absolute Gasteiger partial charge is 0.444 e. The lowest BCUT2D eigenvalue weighted by Crippen LogP contribution is -2.39. The number of ether oxygens (including phenoxy) is 1. The molecule has 0 spiro atoms. The zero-order chi connectivity index (χ0) is 15.3. The third-order valence-electron chi connectivity index (χ3n) is 2.36. The number of hydrogen-bond donors (Lipinski definition) is 3. The Kier molecular flexibility index (Phi) is 5.12. The molecular formula is C13H21N3O4. The van der Waals surface area contributed by atoms with Gasteiger partial charge in [-0.2, -0.15) is 0 Å². The number of nitrogens with one attached hydrogen (secondary N) is 3. The minimum absolute atomic E-state index is 0.280. The van der Waals surface area contributed by atoms with E-state index in [9.17, 15) is 14.4 Å². The first kappa shape index (κ1) is 16.0. The van der Waals surface area contributed by atoms with E-state index in [1.54, 1.807) is 20.8 Å². The van der Waals surface area contributed by atoms with Gasteiger partial charge in [0.15, 0.2) is 0 Å². The molecule has 0 aliphatic carbocycles. The molecule has 0 aliphatic rings. The molecular weight excluding hydrogens is 262 g/mol. The van der Waals surface area contributed by atoms with Crippen LogP contribution in [0.4, 0.5) is 16.2 Å². The Morgan fingerprint density at radius 3 is 2.10 bits per heavy atom. The highest BCUT2D eigenvalue weighted by atomic mass is 16.6. The summed E-state index contributed by atoms with van der Waals surface area (Å²) in [4.78, 5) is 34.0. The van der Waals surface area contributed by atoms with Crippen molar-refractivity contribution in [1.82, 2.24) is 5.32 Å². The van der Waals surface area contributed by atoms with E-state index in [0.29, 0.717) is 25.3 Å². The molecule has 1 amide bonds. The van der Waals surface area contributed by atoms with Crippen LogP contribution in [0, 0.1) is 0 Å². The summed E-state index contributed by atoms with van der Waals surface area (Å²) in [7, 11) is 0. The molecule has 0 fully saturated rings. The SMILES string of the molecule is CCNc1c(NCCNC(=O)OC(C)(C)C)c(=O)c1=O. The summed E-state index contributed by atoms with van der Waals surface area (Å²) >= 11 is 0. The maximum absolute atomic E-state index is 11.4. The molecule has 0 saturated heterocycles. The zero-order valence-electron chi connectivity index (χ0n) is 12.3. The first-order chi connectivity index (χ1) is 9.26. The minimum atomic E-state index is -0.547. The first-order valence-electron chi connectivity index (χ1n) is 6.54. The van der Waals surface area contributed by atoms with Crippen LogP contribution >= 0.6 is 0 Å². The Hall–Kier alpha value is -2.05. The van der Waals surface area contributed by atoms with Gasteiger partial charge in [0.05, 0.1) is 0 Å². The van der Waals surface area contributed by atoms with Gasteiger partial charge in [0.1, 0.15) is 17.0 Å². The molecule has 0 radical (unpaired) electrons. The Labute approximate surface area is 117 Å². The molecule has 0 saturated carbocycles. The lowest BCUT2D eigenvalue weighted by atomic mass is 10.2. The summed E-state index contributed by atoms with van der Waals surface area (Å²) in [5, 5.41) is 8.21. The molecule has 1 aromatic rings. The van der Waals surface area contributed by atoms with Crippen LogP contribution in [-0.4, -0.2) is 31.3 Å². The minimum Gasteiger partial charge on any atom is -0.444 e. The molecule has 112 valence electrons. The molecule has 3 N–H and O–H groups in total. The summed E-state index contributed by atoms with van der Waals surface area (Å²) in [5.74, 6) is 0. The van der Waals surface area contributed by atoms with Gasteiger partial charge in [-0.25, -0.2) is 4.79 Å². The molecule has 0 atom stereocenters. The number of anilines is 2. The topological polar surface area (TPSA) is 96.5 Å². The van der Waals surface area contributed by atoms with Crippen molar-refractivity contribution in [1.29, 1.82) is 0 Å². The first-order valence-corrected chi connectivity index (χ1v) is 6.54. The van der Waals surface area contributed by atoms with E-state index in [4.69, 9.17) is 4.74 Å². The van der Waals surface area contributed by atoms with Crippen LogP contribution < -0.4 is 26.8 Å². The summed E-state index contributed by atoms with van der Waals surface area (Å²) in [6.45, 7) is 8.35. The van der Waals surface area contributed by atoms with Crippen molar-refractivity contribution in [2.75, 3.05) is 30.3 Å². The van der Waals surface area contributed by atoms with E-state index in [1.165, 1.54) is 0 Å². The molecule has 1 aromatic carbocycles. The van der Waals surface area contributed by atoms with Gasteiger partial charge in [-0.15, -0.1) is 0 Å². The summed E-state index contributed by atoms with van der Waals surface area (Å²) in [6.07, 6.45) is -0.517. The van der Waals surface area contributed by atoms with Gasteiger partial charge in [0, 0.05) is 19.6 Å². The zero-order valence-corrected chi connectivity index (χ0v) is 12.3. The quantitative estimate of drug-likeness (QED) is 0.524. The van der Waals surface area contributed by atoms with Gasteiger partial charge in [0.25, 0.3) is 10.9 Å². The van der Waals surface area contributed by atoms with Crippen LogP contribution in [-0.2, 0) is 4.74 Å². The molecule has 0 aromatic heterocycles. The van der Waals surface area contributed by atoms with Crippen molar-refractivity contribution < 1.29 is 9.53 Å². The standard InChI is InChI=1S/C13H21N3O4/c1-5-14-8-9(11(18)10(8)17)15-6-7-16-12(19)20-13(2,3)4/h14-15H,5-7H2,1-4H3,(H,16,19). The Morgan fingerprint density at radius 1 is 1.05 bits per heavy atom. The normalized spacial score (nSPS) is 11.2. The van der Waals surface area contributed by atoms with Crippen molar-refractivity contribution in [3.05, 3.63) is 20.4 Å². The van der Waals surface area contributed by atoms with E-state index >= 15 is 0 Å². The number of amides is 1. The number of alkyl carbamates (subject to hydrolysis) is 1. The number of carbonyl (C=O) groups excluding carboxylic acids is 1. The molecule has 0 aliphatic heterocycles. The van der Waals surface area contributed by atoms with Gasteiger partial charge >= 0.3 is 6.09 Å². The van der Waals surface area contributed by atoms with Crippen molar-refractivity contribution >= 4 is 17.5 Å². The highest BCUT2D eigenvalue weighted by Crippen LogP contribution is 2.13. The van der Waals surface area contributed by atoms with E-state index in [2.05, 4.69) is 16.0 Å². The molecule has 7 heteroatoms. The van der Waals surface area contributed by atoms with Crippen molar-refractivity contribution in [2.45, 2.75) is 33.3 Å². The number of hydrogen-bond acceptors (Lipinski definition) is 6. The maximum atomic E-state index is 11.4. The third-order valence-corrected chi connectivity index (χ3v) is 2.36. The van der Waals surface area contributed by atoms with Crippen LogP contribution in [0.15, 0.2) is 9.59 Å². The lowest BCUT2D eigenvalue weighted by molar-refractivity contribution is 0.0530. The second-order valence-corrected chi connectivity index (χ2v) is 5.29. The Morgan fingerprint density at radius 2 is 1.60 bits per heavy atom. The number of rotatable bonds is 6. The molecule has 0 bridgehead atoms. The molecule has 20 heavy (non-hydrogen) atoms. The van der Waals surface area contributed by atoms with Gasteiger partial charge in [-0.3, -0.25) is 9.59 Å². The molecule has 0 heterocycles. The van der Waals surface area contributed by atoms with Crippen LogP contribution in [0.5, 0.6) is 0 Å². The van der Waals surface area contributed by atoms with E-state index in [0.717, 1.165) is 0 Å². The van der Waals surface area contributed by atoms with E-state index in [-0.39, 0.29) is 5.69 Å². The fourth-order valence-corrected chi connectivity index (χ4v) is 1.57. The predicted octanol–water partition coefficient (Wildman–Crippen LogP) is 0.651. The molecule has 7 nitrogen and oxygen atoms in total. The summed E-state index contributed by atoms with van der Waals surface area (Å²) in [6, 6.07) is 0.